The van der Waals surface area contributed by atoms with Crippen LogP contribution in [-0.4, -0.2) is 50.6 Å². The van der Waals surface area contributed by atoms with Crippen LogP contribution in [0.1, 0.15) is 12.0 Å². The van der Waals surface area contributed by atoms with Crippen LogP contribution in [0.25, 0.3) is 0 Å². The maximum atomic E-state index is 12.5. The molecule has 1 N–H and O–H groups in total. The minimum absolute atomic E-state index is 0.0237. The SMILES string of the molecule is O=C(O)C1CSC2CCN(Cc3ccccc3)C(=O)N21. The summed E-state index contributed by atoms with van der Waals surface area (Å²) >= 11 is 1.57. The van der Waals surface area contributed by atoms with Crippen molar-refractivity contribution in [1.82, 2.24) is 9.80 Å². The third-order valence-electron chi connectivity index (χ3n) is 3.73. The number of carboxylic acids is 1. The molecular weight excluding hydrogens is 276 g/mol. The number of thioether (sulfide) groups is 1. The Labute approximate surface area is 121 Å². The van der Waals surface area contributed by atoms with Crippen molar-refractivity contribution in [2.75, 3.05) is 12.3 Å². The maximum Gasteiger partial charge on any atom is 0.327 e. The van der Waals surface area contributed by atoms with Gasteiger partial charge in [0.05, 0.1) is 5.37 Å². The van der Waals surface area contributed by atoms with Crippen molar-refractivity contribution in [3.8, 4) is 0 Å². The van der Waals surface area contributed by atoms with Crippen LogP contribution in [0.2, 0.25) is 0 Å². The smallest absolute Gasteiger partial charge is 0.327 e. The molecule has 5 nitrogen and oxygen atoms in total. The summed E-state index contributed by atoms with van der Waals surface area (Å²) in [5, 5.41) is 9.24. The number of carbonyl (C=O) groups excluding carboxylic acids is 1. The van der Waals surface area contributed by atoms with Crippen molar-refractivity contribution in [2.24, 2.45) is 0 Å². The number of hydrogen-bond acceptors (Lipinski definition) is 3. The van der Waals surface area contributed by atoms with E-state index in [0.717, 1.165) is 12.0 Å². The molecule has 0 saturated carbocycles. The molecule has 0 bridgehead atoms. The van der Waals surface area contributed by atoms with E-state index >= 15 is 0 Å². The summed E-state index contributed by atoms with van der Waals surface area (Å²) < 4.78 is 0. The summed E-state index contributed by atoms with van der Waals surface area (Å²) in [6.45, 7) is 1.23. The molecule has 2 unspecified atom stereocenters. The quantitative estimate of drug-likeness (QED) is 0.923. The zero-order chi connectivity index (χ0) is 14.1. The molecule has 2 atom stereocenters. The van der Waals surface area contributed by atoms with E-state index in [1.54, 1.807) is 21.6 Å². The Bertz CT molecular complexity index is 522. The number of hydrogen-bond donors (Lipinski definition) is 1. The molecule has 20 heavy (non-hydrogen) atoms. The number of amides is 2. The number of urea groups is 1. The number of nitrogens with zero attached hydrogens (tertiary/aromatic N) is 2. The van der Waals surface area contributed by atoms with Crippen LogP contribution in [0.3, 0.4) is 0 Å². The molecule has 2 aliphatic heterocycles. The fourth-order valence-electron chi connectivity index (χ4n) is 2.71. The van der Waals surface area contributed by atoms with Crippen LogP contribution in [0.4, 0.5) is 4.79 Å². The molecule has 2 saturated heterocycles. The largest absolute Gasteiger partial charge is 0.480 e. The highest BCUT2D eigenvalue weighted by Gasteiger charge is 2.45. The molecule has 2 aliphatic rings. The van der Waals surface area contributed by atoms with Crippen molar-refractivity contribution in [3.05, 3.63) is 35.9 Å². The lowest BCUT2D eigenvalue weighted by molar-refractivity contribution is -0.141. The fraction of sp³-hybridized carbons (Fsp3) is 0.429. The molecule has 106 valence electrons. The Morgan fingerprint density at radius 2 is 2.10 bits per heavy atom. The van der Waals surface area contributed by atoms with E-state index in [2.05, 4.69) is 0 Å². The van der Waals surface area contributed by atoms with Gasteiger partial charge in [-0.15, -0.1) is 11.8 Å². The van der Waals surface area contributed by atoms with Gasteiger partial charge in [0.1, 0.15) is 6.04 Å². The van der Waals surface area contributed by atoms with Gasteiger partial charge in [0.25, 0.3) is 0 Å². The van der Waals surface area contributed by atoms with Crippen LogP contribution in [0.15, 0.2) is 30.3 Å². The molecule has 2 heterocycles. The second-order valence-corrected chi connectivity index (χ2v) is 6.24. The number of carboxylic acid groups (broad SMARTS) is 1. The van der Waals surface area contributed by atoms with Crippen molar-refractivity contribution >= 4 is 23.8 Å². The highest BCUT2D eigenvalue weighted by Crippen LogP contribution is 2.35. The van der Waals surface area contributed by atoms with Gasteiger partial charge in [-0.1, -0.05) is 30.3 Å². The molecule has 0 spiro atoms. The Balaban J connectivity index is 1.75. The van der Waals surface area contributed by atoms with E-state index in [0.29, 0.717) is 18.8 Å². The summed E-state index contributed by atoms with van der Waals surface area (Å²) in [5.74, 6) is -0.417. The Hall–Kier alpha value is -1.69. The monoisotopic (exact) mass is 292 g/mol. The summed E-state index contributed by atoms with van der Waals surface area (Å²) in [5.41, 5.74) is 1.07. The molecular formula is C14H16N2O3S. The maximum absolute atomic E-state index is 12.5. The first-order valence-electron chi connectivity index (χ1n) is 6.62. The number of fused-ring (bicyclic) bond motifs is 1. The van der Waals surface area contributed by atoms with Gasteiger partial charge >= 0.3 is 12.0 Å². The van der Waals surface area contributed by atoms with Gasteiger partial charge in [-0.25, -0.2) is 9.59 Å². The molecule has 1 aromatic carbocycles. The van der Waals surface area contributed by atoms with Crippen molar-refractivity contribution < 1.29 is 14.7 Å². The molecule has 0 aliphatic carbocycles. The van der Waals surface area contributed by atoms with E-state index < -0.39 is 12.0 Å². The van der Waals surface area contributed by atoms with E-state index in [-0.39, 0.29) is 11.4 Å². The lowest BCUT2D eigenvalue weighted by Gasteiger charge is -2.38. The molecule has 2 fully saturated rings. The van der Waals surface area contributed by atoms with Gasteiger partial charge in [-0.2, -0.15) is 0 Å². The van der Waals surface area contributed by atoms with Gasteiger partial charge in [-0.3, -0.25) is 4.90 Å². The highest BCUT2D eigenvalue weighted by atomic mass is 32.2. The average Bonchev–Trinajstić information content (AvgIpc) is 2.88. The van der Waals surface area contributed by atoms with E-state index in [1.807, 2.05) is 30.3 Å². The molecule has 1 aromatic rings. The number of benzene rings is 1. The first kappa shape index (κ1) is 13.3. The second-order valence-electron chi connectivity index (χ2n) is 5.03. The predicted molar refractivity (Wildman–Crippen MR) is 76.4 cm³/mol. The van der Waals surface area contributed by atoms with Gasteiger partial charge in [0.15, 0.2) is 0 Å². The van der Waals surface area contributed by atoms with Crippen molar-refractivity contribution in [1.29, 1.82) is 0 Å². The first-order chi connectivity index (χ1) is 9.66. The number of rotatable bonds is 3. The van der Waals surface area contributed by atoms with E-state index in [9.17, 15) is 14.7 Å². The molecule has 2 amide bonds. The summed E-state index contributed by atoms with van der Waals surface area (Å²) in [7, 11) is 0. The van der Waals surface area contributed by atoms with Crippen LogP contribution < -0.4 is 0 Å². The molecule has 6 heteroatoms. The lowest BCUT2D eigenvalue weighted by Crippen LogP contribution is -2.55. The van der Waals surface area contributed by atoms with E-state index in [4.69, 9.17) is 0 Å². The molecule has 3 rings (SSSR count). The Morgan fingerprint density at radius 1 is 1.35 bits per heavy atom. The topological polar surface area (TPSA) is 60.9 Å². The Kier molecular flexibility index (Phi) is 3.56. The normalized spacial score (nSPS) is 25.7. The first-order valence-corrected chi connectivity index (χ1v) is 7.67. The fourth-order valence-corrected chi connectivity index (χ4v) is 4.09. The van der Waals surface area contributed by atoms with Crippen LogP contribution >= 0.6 is 11.8 Å². The molecule has 0 radical (unpaired) electrons. The average molecular weight is 292 g/mol. The van der Waals surface area contributed by atoms with Gasteiger partial charge < -0.3 is 10.0 Å². The predicted octanol–water partition coefficient (Wildman–Crippen LogP) is 1.84. The third kappa shape index (κ3) is 2.35. The number of carbonyl (C=O) groups is 2. The minimum atomic E-state index is -0.907. The minimum Gasteiger partial charge on any atom is -0.480 e. The van der Waals surface area contributed by atoms with E-state index in [1.165, 1.54) is 0 Å². The van der Waals surface area contributed by atoms with Gasteiger partial charge in [0, 0.05) is 18.8 Å². The zero-order valence-corrected chi connectivity index (χ0v) is 11.8. The standard InChI is InChI=1S/C14H16N2O3S/c17-13(18)11-9-20-12-6-7-15(14(19)16(11)12)8-10-4-2-1-3-5-10/h1-5,11-12H,6-9H2,(H,17,18). The van der Waals surface area contributed by atoms with Gasteiger partial charge in [0.2, 0.25) is 0 Å². The van der Waals surface area contributed by atoms with Crippen LogP contribution in [-0.2, 0) is 11.3 Å². The van der Waals surface area contributed by atoms with Crippen molar-refractivity contribution in [3.63, 3.8) is 0 Å². The van der Waals surface area contributed by atoms with Crippen LogP contribution in [0, 0.1) is 0 Å². The molecule has 0 aromatic heterocycles. The van der Waals surface area contributed by atoms with Crippen LogP contribution in [0.5, 0.6) is 0 Å². The Morgan fingerprint density at radius 3 is 2.80 bits per heavy atom. The van der Waals surface area contributed by atoms with Gasteiger partial charge in [-0.05, 0) is 12.0 Å². The number of aliphatic carboxylic acids is 1. The third-order valence-corrected chi connectivity index (χ3v) is 5.09. The zero-order valence-electron chi connectivity index (χ0n) is 10.9. The summed E-state index contributed by atoms with van der Waals surface area (Å²) in [6.07, 6.45) is 0.826. The summed E-state index contributed by atoms with van der Waals surface area (Å²) in [6, 6.07) is 8.95. The van der Waals surface area contributed by atoms with Crippen molar-refractivity contribution in [2.45, 2.75) is 24.4 Å². The lowest BCUT2D eigenvalue weighted by atomic mass is 10.1. The highest BCUT2D eigenvalue weighted by molar-refractivity contribution is 8.00. The summed E-state index contributed by atoms with van der Waals surface area (Å²) in [4.78, 5) is 27.0. The second kappa shape index (κ2) is 5.36.